The minimum Gasteiger partial charge on any atom is -0.322 e. The molecule has 2 aromatic carbocycles. The average Bonchev–Trinajstić information content (AvgIpc) is 2.74. The van der Waals surface area contributed by atoms with E-state index in [-0.39, 0.29) is 35.1 Å². The van der Waals surface area contributed by atoms with Crippen molar-refractivity contribution in [1.82, 2.24) is 9.21 Å². The topological polar surface area (TPSA) is 93.5 Å². The number of amides is 1. The van der Waals surface area contributed by atoms with E-state index in [0.29, 0.717) is 13.1 Å². The lowest BCUT2D eigenvalue weighted by molar-refractivity contribution is -0.121. The Morgan fingerprint density at radius 3 is 2.38 bits per heavy atom. The number of piperazine rings is 1. The monoisotopic (exact) mass is 416 g/mol. The molecule has 1 aliphatic rings. The Kier molecular flexibility index (Phi) is 6.27. The molecule has 2 aromatic rings. The van der Waals surface area contributed by atoms with Crippen molar-refractivity contribution in [2.24, 2.45) is 0 Å². The first-order chi connectivity index (χ1) is 13.8. The minimum absolute atomic E-state index is 0.0127. The molecule has 7 nitrogen and oxygen atoms in total. The lowest BCUT2D eigenvalue weighted by Gasteiger charge is -2.36. The molecule has 0 unspecified atom stereocenters. The molecule has 0 aromatic heterocycles. The van der Waals surface area contributed by atoms with E-state index in [1.54, 1.807) is 31.2 Å². The highest BCUT2D eigenvalue weighted by molar-refractivity contribution is 7.89. The van der Waals surface area contributed by atoms with Gasteiger partial charge in [0.05, 0.1) is 22.2 Å². The zero-order valence-electron chi connectivity index (χ0n) is 15.9. The Hall–Kier alpha value is -2.80. The first kappa shape index (κ1) is 20.9. The summed E-state index contributed by atoms with van der Waals surface area (Å²) in [7, 11) is -3.79. The van der Waals surface area contributed by atoms with Crippen LogP contribution in [0.25, 0.3) is 0 Å². The molecule has 0 radical (unpaired) electrons. The fourth-order valence-corrected chi connectivity index (χ4v) is 4.78. The summed E-state index contributed by atoms with van der Waals surface area (Å²) < 4.78 is 40.8. The number of anilines is 1. The van der Waals surface area contributed by atoms with Gasteiger partial charge >= 0.3 is 0 Å². The summed E-state index contributed by atoms with van der Waals surface area (Å²) in [5.74, 6) is -0.874. The van der Waals surface area contributed by atoms with Gasteiger partial charge in [0.25, 0.3) is 0 Å². The molecule has 1 atom stereocenters. The van der Waals surface area contributed by atoms with Crippen LogP contribution in [-0.2, 0) is 14.8 Å². The average molecular weight is 416 g/mol. The van der Waals surface area contributed by atoms with Gasteiger partial charge in [-0.05, 0) is 31.2 Å². The van der Waals surface area contributed by atoms with Gasteiger partial charge in [-0.25, -0.2) is 12.8 Å². The molecule has 0 spiro atoms. The van der Waals surface area contributed by atoms with Gasteiger partial charge in [0.2, 0.25) is 15.9 Å². The number of para-hydroxylation sites is 1. The van der Waals surface area contributed by atoms with Crippen LogP contribution in [0.1, 0.15) is 12.5 Å². The van der Waals surface area contributed by atoms with Crippen LogP contribution in [0.3, 0.4) is 0 Å². The predicted octanol–water partition coefficient (Wildman–Crippen LogP) is 2.03. The summed E-state index contributed by atoms with van der Waals surface area (Å²) in [6.45, 7) is 2.78. The van der Waals surface area contributed by atoms with Crippen LogP contribution in [0.4, 0.5) is 10.1 Å². The van der Waals surface area contributed by atoms with Crippen LogP contribution in [0, 0.1) is 17.1 Å². The fourth-order valence-electron chi connectivity index (χ4n) is 3.22. The molecule has 0 saturated carbocycles. The molecule has 1 amide bonds. The lowest BCUT2D eigenvalue weighted by atomic mass is 10.2. The van der Waals surface area contributed by atoms with Gasteiger partial charge in [0.1, 0.15) is 11.9 Å². The van der Waals surface area contributed by atoms with Crippen molar-refractivity contribution >= 4 is 21.6 Å². The van der Waals surface area contributed by atoms with E-state index in [2.05, 4.69) is 5.32 Å². The third-order valence-corrected chi connectivity index (χ3v) is 6.91. The maximum atomic E-state index is 13.7. The fraction of sp³-hybridized carbons (Fsp3) is 0.300. The van der Waals surface area contributed by atoms with Gasteiger partial charge in [0, 0.05) is 26.2 Å². The van der Waals surface area contributed by atoms with Crippen LogP contribution >= 0.6 is 0 Å². The van der Waals surface area contributed by atoms with Crippen LogP contribution < -0.4 is 5.32 Å². The molecule has 152 valence electrons. The third kappa shape index (κ3) is 4.45. The molecule has 29 heavy (non-hydrogen) atoms. The number of hydrogen-bond acceptors (Lipinski definition) is 5. The summed E-state index contributed by atoms with van der Waals surface area (Å²) in [6.07, 6.45) is 0. The number of nitrogens with one attached hydrogen (secondary N) is 1. The Labute approximate surface area is 169 Å². The highest BCUT2D eigenvalue weighted by atomic mass is 32.2. The number of sulfonamides is 1. The number of carbonyl (C=O) groups excluding carboxylic acids is 1. The predicted molar refractivity (Wildman–Crippen MR) is 106 cm³/mol. The largest absolute Gasteiger partial charge is 0.322 e. The van der Waals surface area contributed by atoms with Crippen LogP contribution in [-0.4, -0.2) is 55.8 Å². The van der Waals surface area contributed by atoms with Crippen molar-refractivity contribution in [3.63, 3.8) is 0 Å². The van der Waals surface area contributed by atoms with Crippen molar-refractivity contribution < 1.29 is 17.6 Å². The zero-order chi connectivity index (χ0) is 21.0. The van der Waals surface area contributed by atoms with E-state index in [1.165, 1.54) is 28.6 Å². The smallest absolute Gasteiger partial charge is 0.244 e. The molecule has 3 rings (SSSR count). The summed E-state index contributed by atoms with van der Waals surface area (Å²) >= 11 is 0. The Morgan fingerprint density at radius 2 is 1.72 bits per heavy atom. The van der Waals surface area contributed by atoms with E-state index < -0.39 is 21.9 Å². The van der Waals surface area contributed by atoms with E-state index in [1.807, 2.05) is 11.0 Å². The molecule has 0 bridgehead atoms. The number of halogens is 1. The van der Waals surface area contributed by atoms with Crippen molar-refractivity contribution in [3.8, 4) is 6.07 Å². The van der Waals surface area contributed by atoms with Crippen LogP contribution in [0.15, 0.2) is 53.4 Å². The maximum Gasteiger partial charge on any atom is 0.244 e. The standard InChI is InChI=1S/C20H21FN4O3S/c1-15(20(26)23-18-8-4-3-7-17(18)21)24-10-12-25(13-11-24)29(27,28)19-9-5-2-6-16(19)14-22/h2-9,15H,10-13H2,1H3,(H,23,26)/t15-/m0/s1. The number of nitrogens with zero attached hydrogens (tertiary/aromatic N) is 3. The molecule has 1 fully saturated rings. The van der Waals surface area contributed by atoms with Crippen LogP contribution in [0.2, 0.25) is 0 Å². The zero-order valence-corrected chi connectivity index (χ0v) is 16.7. The molecular formula is C20H21FN4O3S. The SMILES string of the molecule is C[C@@H](C(=O)Nc1ccccc1F)N1CCN(S(=O)(=O)c2ccccc2C#N)CC1. The second-order valence-corrected chi connectivity index (χ2v) is 8.60. The first-order valence-electron chi connectivity index (χ1n) is 9.13. The van der Waals surface area contributed by atoms with Crippen molar-refractivity contribution in [2.75, 3.05) is 31.5 Å². The second-order valence-electron chi connectivity index (χ2n) is 6.69. The summed E-state index contributed by atoms with van der Waals surface area (Å²) in [4.78, 5) is 14.3. The quantitative estimate of drug-likeness (QED) is 0.805. The number of rotatable bonds is 5. The van der Waals surface area contributed by atoms with Crippen molar-refractivity contribution in [1.29, 1.82) is 5.26 Å². The van der Waals surface area contributed by atoms with Gasteiger partial charge in [-0.1, -0.05) is 24.3 Å². The highest BCUT2D eigenvalue weighted by Gasteiger charge is 2.33. The van der Waals surface area contributed by atoms with E-state index in [4.69, 9.17) is 0 Å². The molecule has 1 saturated heterocycles. The third-order valence-electron chi connectivity index (χ3n) is 4.96. The van der Waals surface area contributed by atoms with Gasteiger partial charge in [-0.2, -0.15) is 9.57 Å². The summed E-state index contributed by atoms with van der Waals surface area (Å²) in [5.41, 5.74) is 0.214. The van der Waals surface area contributed by atoms with Crippen LogP contribution in [0.5, 0.6) is 0 Å². The molecular weight excluding hydrogens is 395 g/mol. The van der Waals surface area contributed by atoms with E-state index in [9.17, 15) is 22.9 Å². The molecule has 1 heterocycles. The number of benzene rings is 2. The Bertz CT molecular complexity index is 1040. The molecule has 9 heteroatoms. The summed E-state index contributed by atoms with van der Waals surface area (Å²) in [6, 6.07) is 13.4. The number of carbonyl (C=O) groups is 1. The van der Waals surface area contributed by atoms with Crippen molar-refractivity contribution in [3.05, 3.63) is 59.9 Å². The van der Waals surface area contributed by atoms with E-state index >= 15 is 0 Å². The van der Waals surface area contributed by atoms with Gasteiger partial charge in [-0.15, -0.1) is 0 Å². The Balaban J connectivity index is 1.65. The summed E-state index contributed by atoms with van der Waals surface area (Å²) in [5, 5.41) is 11.8. The van der Waals surface area contributed by atoms with Gasteiger partial charge in [0.15, 0.2) is 0 Å². The molecule has 1 N–H and O–H groups in total. The Morgan fingerprint density at radius 1 is 1.10 bits per heavy atom. The lowest BCUT2D eigenvalue weighted by Crippen LogP contribution is -2.54. The maximum absolute atomic E-state index is 13.7. The first-order valence-corrected chi connectivity index (χ1v) is 10.6. The second kappa shape index (κ2) is 8.69. The minimum atomic E-state index is -3.79. The van der Waals surface area contributed by atoms with Crippen molar-refractivity contribution in [2.45, 2.75) is 17.9 Å². The van der Waals surface area contributed by atoms with Gasteiger partial charge < -0.3 is 5.32 Å². The normalized spacial score (nSPS) is 16.7. The highest BCUT2D eigenvalue weighted by Crippen LogP contribution is 2.22. The van der Waals surface area contributed by atoms with E-state index in [0.717, 1.165) is 0 Å². The van der Waals surface area contributed by atoms with Gasteiger partial charge in [-0.3, -0.25) is 9.69 Å². The number of nitriles is 1. The molecule has 0 aliphatic carbocycles. The molecule has 1 aliphatic heterocycles. The number of hydrogen-bond donors (Lipinski definition) is 1.